The number of nitrogens with one attached hydrogen (secondary N) is 1. The van der Waals surface area contributed by atoms with Crippen LogP contribution in [0.25, 0.3) is 0 Å². The second kappa shape index (κ2) is 5.92. The maximum Gasteiger partial charge on any atom is 0.246 e. The topological polar surface area (TPSA) is 49.3 Å². The van der Waals surface area contributed by atoms with Gasteiger partial charge in [-0.25, -0.2) is 0 Å². The van der Waals surface area contributed by atoms with E-state index in [1.54, 1.807) is 6.92 Å². The second-order valence-corrected chi connectivity index (χ2v) is 2.27. The highest BCUT2D eigenvalue weighted by atomic mass is 16.3. The molecule has 3 heteroatoms. The Labute approximate surface area is 67.1 Å². The number of carbonyl (C=O) groups is 1. The average Bonchev–Trinajstić information content (AvgIpc) is 2.00. The predicted molar refractivity (Wildman–Crippen MR) is 44.1 cm³/mol. The molecule has 0 aliphatic carbocycles. The molecule has 0 fully saturated rings. The molecule has 0 bridgehead atoms. The molecule has 0 aliphatic heterocycles. The van der Waals surface area contributed by atoms with Crippen molar-refractivity contribution in [3.63, 3.8) is 0 Å². The Kier molecular flexibility index (Phi) is 5.47. The largest absolute Gasteiger partial charge is 0.395 e. The van der Waals surface area contributed by atoms with Gasteiger partial charge < -0.3 is 10.4 Å². The highest BCUT2D eigenvalue weighted by molar-refractivity contribution is 5.92. The van der Waals surface area contributed by atoms with Gasteiger partial charge in [0.1, 0.15) is 0 Å². The van der Waals surface area contributed by atoms with Crippen LogP contribution >= 0.6 is 0 Å². The van der Waals surface area contributed by atoms with E-state index in [4.69, 9.17) is 5.11 Å². The minimum Gasteiger partial charge on any atom is -0.395 e. The first-order chi connectivity index (χ1) is 5.22. The summed E-state index contributed by atoms with van der Waals surface area (Å²) in [5.74, 6) is -0.0964. The van der Waals surface area contributed by atoms with E-state index < -0.39 is 0 Å². The van der Waals surface area contributed by atoms with E-state index in [1.165, 1.54) is 0 Å². The predicted octanol–water partition coefficient (Wildman–Crippen LogP) is 0.451. The third kappa shape index (κ3) is 4.56. The molecule has 0 heterocycles. The number of amides is 1. The fourth-order valence-corrected chi connectivity index (χ4v) is 0.708. The summed E-state index contributed by atoms with van der Waals surface area (Å²) in [4.78, 5) is 11.0. The molecule has 0 unspecified atom stereocenters. The molecule has 3 nitrogen and oxygen atoms in total. The van der Waals surface area contributed by atoms with Crippen LogP contribution in [0.15, 0.2) is 11.6 Å². The Bertz CT molecular complexity index is 152. The van der Waals surface area contributed by atoms with Gasteiger partial charge in [-0.15, -0.1) is 0 Å². The SMILES string of the molecule is CC/C=C(\C)C(=O)NCCO. The number of aliphatic hydroxyl groups is 1. The minimum atomic E-state index is -0.0964. The summed E-state index contributed by atoms with van der Waals surface area (Å²) in [6, 6.07) is 0. The molecule has 0 atom stereocenters. The molecule has 0 spiro atoms. The number of aliphatic hydroxyl groups excluding tert-OH is 1. The number of hydrogen-bond donors (Lipinski definition) is 2. The van der Waals surface area contributed by atoms with Crippen molar-refractivity contribution in [3.05, 3.63) is 11.6 Å². The van der Waals surface area contributed by atoms with Gasteiger partial charge in [0, 0.05) is 12.1 Å². The molecule has 0 aromatic rings. The average molecular weight is 157 g/mol. The Morgan fingerprint density at radius 1 is 1.64 bits per heavy atom. The highest BCUT2D eigenvalue weighted by Gasteiger charge is 2.00. The fraction of sp³-hybridized carbons (Fsp3) is 0.625. The van der Waals surface area contributed by atoms with Gasteiger partial charge in [-0.2, -0.15) is 0 Å². The summed E-state index contributed by atoms with van der Waals surface area (Å²) in [5.41, 5.74) is 0.709. The van der Waals surface area contributed by atoms with Gasteiger partial charge in [0.05, 0.1) is 6.61 Å². The van der Waals surface area contributed by atoms with Crippen molar-refractivity contribution < 1.29 is 9.90 Å². The fourth-order valence-electron chi connectivity index (χ4n) is 0.708. The molecule has 11 heavy (non-hydrogen) atoms. The molecular formula is C8H15NO2. The Balaban J connectivity index is 3.73. The van der Waals surface area contributed by atoms with Crippen molar-refractivity contribution in [1.29, 1.82) is 0 Å². The van der Waals surface area contributed by atoms with Gasteiger partial charge >= 0.3 is 0 Å². The lowest BCUT2D eigenvalue weighted by Gasteiger charge is -2.01. The van der Waals surface area contributed by atoms with E-state index in [9.17, 15) is 4.79 Å². The smallest absolute Gasteiger partial charge is 0.246 e. The first-order valence-corrected chi connectivity index (χ1v) is 3.78. The van der Waals surface area contributed by atoms with Crippen molar-refractivity contribution in [2.45, 2.75) is 20.3 Å². The Morgan fingerprint density at radius 2 is 2.27 bits per heavy atom. The lowest BCUT2D eigenvalue weighted by molar-refractivity contribution is -0.117. The summed E-state index contributed by atoms with van der Waals surface area (Å²) in [5, 5.41) is 11.0. The van der Waals surface area contributed by atoms with Crippen LogP contribution in [0.3, 0.4) is 0 Å². The quantitative estimate of drug-likeness (QED) is 0.582. The molecule has 0 aromatic heterocycles. The molecule has 0 aliphatic rings. The van der Waals surface area contributed by atoms with E-state index in [0.29, 0.717) is 12.1 Å². The summed E-state index contributed by atoms with van der Waals surface area (Å²) in [7, 11) is 0. The second-order valence-electron chi connectivity index (χ2n) is 2.27. The molecule has 0 saturated heterocycles. The van der Waals surface area contributed by atoms with Crippen molar-refractivity contribution in [2.75, 3.05) is 13.2 Å². The molecule has 64 valence electrons. The van der Waals surface area contributed by atoms with Crippen molar-refractivity contribution in [3.8, 4) is 0 Å². The number of carbonyl (C=O) groups excluding carboxylic acids is 1. The highest BCUT2D eigenvalue weighted by Crippen LogP contribution is 1.93. The standard InChI is InChI=1S/C8H15NO2/c1-3-4-7(2)8(11)9-5-6-10/h4,10H,3,5-6H2,1-2H3,(H,9,11)/b7-4+. The molecule has 0 rings (SSSR count). The van der Waals surface area contributed by atoms with Gasteiger partial charge in [-0.05, 0) is 13.3 Å². The molecule has 1 amide bonds. The molecule has 0 aromatic carbocycles. The summed E-state index contributed by atoms with van der Waals surface area (Å²) < 4.78 is 0. The van der Waals surface area contributed by atoms with Crippen LogP contribution in [0.5, 0.6) is 0 Å². The third-order valence-corrected chi connectivity index (χ3v) is 1.27. The maximum absolute atomic E-state index is 11.0. The van der Waals surface area contributed by atoms with Gasteiger partial charge in [-0.1, -0.05) is 13.0 Å². The zero-order valence-corrected chi connectivity index (χ0v) is 7.05. The van der Waals surface area contributed by atoms with E-state index in [0.717, 1.165) is 6.42 Å². The Hall–Kier alpha value is -0.830. The molecule has 0 saturated carbocycles. The van der Waals surface area contributed by atoms with Crippen LogP contribution in [0.4, 0.5) is 0 Å². The monoisotopic (exact) mass is 157 g/mol. The van der Waals surface area contributed by atoms with Crippen LogP contribution < -0.4 is 5.32 Å². The van der Waals surface area contributed by atoms with Crippen LogP contribution in [0.2, 0.25) is 0 Å². The zero-order chi connectivity index (χ0) is 8.69. The maximum atomic E-state index is 11.0. The van der Waals surface area contributed by atoms with Crippen LogP contribution in [0.1, 0.15) is 20.3 Å². The zero-order valence-electron chi connectivity index (χ0n) is 7.05. The summed E-state index contributed by atoms with van der Waals surface area (Å²) in [6.07, 6.45) is 2.71. The van der Waals surface area contributed by atoms with Crippen LogP contribution in [-0.2, 0) is 4.79 Å². The molecular weight excluding hydrogens is 142 g/mol. The lowest BCUT2D eigenvalue weighted by atomic mass is 10.2. The van der Waals surface area contributed by atoms with E-state index in [2.05, 4.69) is 5.32 Å². The first-order valence-electron chi connectivity index (χ1n) is 3.78. The molecule has 2 N–H and O–H groups in total. The van der Waals surface area contributed by atoms with Gasteiger partial charge in [0.2, 0.25) is 5.91 Å². The van der Waals surface area contributed by atoms with Crippen LogP contribution in [-0.4, -0.2) is 24.2 Å². The van der Waals surface area contributed by atoms with Crippen LogP contribution in [0, 0.1) is 0 Å². The number of hydrogen-bond acceptors (Lipinski definition) is 2. The third-order valence-electron chi connectivity index (χ3n) is 1.27. The first kappa shape index (κ1) is 10.2. The van der Waals surface area contributed by atoms with E-state index >= 15 is 0 Å². The van der Waals surface area contributed by atoms with Gasteiger partial charge in [0.25, 0.3) is 0 Å². The number of rotatable bonds is 4. The molecule has 0 radical (unpaired) electrons. The van der Waals surface area contributed by atoms with Gasteiger partial charge in [0.15, 0.2) is 0 Å². The lowest BCUT2D eigenvalue weighted by Crippen LogP contribution is -2.26. The minimum absolute atomic E-state index is 0.00878. The normalized spacial score (nSPS) is 11.4. The van der Waals surface area contributed by atoms with Crippen molar-refractivity contribution >= 4 is 5.91 Å². The van der Waals surface area contributed by atoms with Gasteiger partial charge in [-0.3, -0.25) is 4.79 Å². The Morgan fingerprint density at radius 3 is 2.73 bits per heavy atom. The van der Waals surface area contributed by atoms with Crippen molar-refractivity contribution in [1.82, 2.24) is 5.32 Å². The van der Waals surface area contributed by atoms with E-state index in [-0.39, 0.29) is 12.5 Å². The number of allylic oxidation sites excluding steroid dienone is 1. The summed E-state index contributed by atoms with van der Waals surface area (Å²) >= 11 is 0. The van der Waals surface area contributed by atoms with Crippen molar-refractivity contribution in [2.24, 2.45) is 0 Å². The van der Waals surface area contributed by atoms with E-state index in [1.807, 2.05) is 13.0 Å². The summed E-state index contributed by atoms with van der Waals surface area (Å²) in [6.45, 7) is 4.05.